The molecular formula is C29H23N3O6S. The number of carbonyl (C=O) groups excluding carboxylic acids is 2. The normalized spacial score (nSPS) is 19.9. The van der Waals surface area contributed by atoms with Crippen molar-refractivity contribution in [3.05, 3.63) is 98.1 Å². The van der Waals surface area contributed by atoms with Crippen LogP contribution in [-0.2, 0) is 16.0 Å². The SMILES string of the molecule is Cc1cc(C)c2nc(N3C(=O)C(=O)/C(=C(/O)c4ccc5c(c4)C[C@@H](C)O5)[C@H]3c3ccc([N+](=O)[O-])cc3)sc2c1. The minimum atomic E-state index is -1.03. The third-order valence-electron chi connectivity index (χ3n) is 7.06. The lowest BCUT2D eigenvalue weighted by Gasteiger charge is -2.23. The maximum atomic E-state index is 13.5. The Morgan fingerprint density at radius 3 is 2.59 bits per heavy atom. The number of rotatable bonds is 4. The highest BCUT2D eigenvalue weighted by Gasteiger charge is 2.48. The number of benzene rings is 3. The Morgan fingerprint density at radius 1 is 1.13 bits per heavy atom. The zero-order valence-corrected chi connectivity index (χ0v) is 22.1. The molecule has 10 heteroatoms. The summed E-state index contributed by atoms with van der Waals surface area (Å²) in [6.45, 7) is 5.84. The number of aliphatic hydroxyl groups is 1. The summed E-state index contributed by atoms with van der Waals surface area (Å²) < 4.78 is 6.62. The van der Waals surface area contributed by atoms with E-state index < -0.39 is 22.7 Å². The number of nitro groups is 1. The number of fused-ring (bicyclic) bond motifs is 2. The second kappa shape index (κ2) is 9.02. The highest BCUT2D eigenvalue weighted by Crippen LogP contribution is 2.45. The predicted molar refractivity (Wildman–Crippen MR) is 147 cm³/mol. The smallest absolute Gasteiger partial charge is 0.301 e. The number of aryl methyl sites for hydroxylation is 2. The van der Waals surface area contributed by atoms with Crippen LogP contribution in [0.1, 0.15) is 40.8 Å². The van der Waals surface area contributed by atoms with Gasteiger partial charge in [-0.05, 0) is 79.4 Å². The van der Waals surface area contributed by atoms with Crippen LogP contribution in [0.15, 0.2) is 60.2 Å². The van der Waals surface area contributed by atoms with E-state index in [4.69, 9.17) is 9.72 Å². The van der Waals surface area contributed by atoms with Gasteiger partial charge in [-0.25, -0.2) is 4.98 Å². The Hall–Kier alpha value is -4.57. The summed E-state index contributed by atoms with van der Waals surface area (Å²) in [7, 11) is 0. The van der Waals surface area contributed by atoms with Gasteiger partial charge in [0.25, 0.3) is 11.5 Å². The Kier molecular flexibility index (Phi) is 5.72. The van der Waals surface area contributed by atoms with Crippen LogP contribution in [0.3, 0.4) is 0 Å². The van der Waals surface area contributed by atoms with Gasteiger partial charge >= 0.3 is 5.91 Å². The van der Waals surface area contributed by atoms with Crippen molar-refractivity contribution in [1.29, 1.82) is 0 Å². The van der Waals surface area contributed by atoms with Crippen LogP contribution in [0, 0.1) is 24.0 Å². The summed E-state index contributed by atoms with van der Waals surface area (Å²) in [4.78, 5) is 43.8. The van der Waals surface area contributed by atoms with Crippen LogP contribution in [0.4, 0.5) is 10.8 Å². The first kappa shape index (κ1) is 24.7. The molecule has 0 radical (unpaired) electrons. The Morgan fingerprint density at radius 2 is 1.87 bits per heavy atom. The molecule has 1 aromatic heterocycles. The fourth-order valence-electron chi connectivity index (χ4n) is 5.31. The summed E-state index contributed by atoms with van der Waals surface area (Å²) in [6, 6.07) is 13.7. The first-order valence-corrected chi connectivity index (χ1v) is 13.2. The van der Waals surface area contributed by atoms with E-state index in [9.17, 15) is 24.8 Å². The molecule has 6 rings (SSSR count). The molecule has 0 aliphatic carbocycles. The van der Waals surface area contributed by atoms with Gasteiger partial charge in [0, 0.05) is 24.1 Å². The molecule has 4 aromatic rings. The number of aliphatic hydroxyl groups excluding tert-OH is 1. The first-order valence-electron chi connectivity index (χ1n) is 12.4. The average molecular weight is 542 g/mol. The molecule has 2 atom stereocenters. The van der Waals surface area contributed by atoms with Crippen LogP contribution in [-0.4, -0.2) is 32.8 Å². The van der Waals surface area contributed by atoms with Crippen LogP contribution in [0.5, 0.6) is 5.75 Å². The van der Waals surface area contributed by atoms with Crippen LogP contribution in [0.2, 0.25) is 0 Å². The van der Waals surface area contributed by atoms with E-state index in [1.54, 1.807) is 18.2 Å². The molecule has 0 bridgehead atoms. The summed E-state index contributed by atoms with van der Waals surface area (Å²) in [6.07, 6.45) is 0.648. The van der Waals surface area contributed by atoms with Crippen molar-refractivity contribution in [2.24, 2.45) is 0 Å². The fourth-order valence-corrected chi connectivity index (χ4v) is 6.48. The van der Waals surface area contributed by atoms with Crippen molar-refractivity contribution < 1.29 is 24.4 Å². The van der Waals surface area contributed by atoms with Crippen LogP contribution in [0.25, 0.3) is 16.0 Å². The van der Waals surface area contributed by atoms with Gasteiger partial charge < -0.3 is 9.84 Å². The Labute approximate surface area is 227 Å². The molecular weight excluding hydrogens is 518 g/mol. The molecule has 1 N–H and O–H groups in total. The lowest BCUT2D eigenvalue weighted by molar-refractivity contribution is -0.384. The van der Waals surface area contributed by atoms with Crippen LogP contribution < -0.4 is 9.64 Å². The summed E-state index contributed by atoms with van der Waals surface area (Å²) in [5.74, 6) is -1.29. The van der Waals surface area contributed by atoms with E-state index >= 15 is 0 Å². The van der Waals surface area contributed by atoms with E-state index in [2.05, 4.69) is 0 Å². The Bertz CT molecular complexity index is 1740. The van der Waals surface area contributed by atoms with E-state index in [0.29, 0.717) is 28.4 Å². The number of hydrogen-bond donors (Lipinski definition) is 1. The summed E-state index contributed by atoms with van der Waals surface area (Å²) in [5, 5.41) is 23.1. The van der Waals surface area contributed by atoms with Crippen molar-refractivity contribution in [2.75, 3.05) is 4.90 Å². The van der Waals surface area contributed by atoms with Crippen molar-refractivity contribution in [3.63, 3.8) is 0 Å². The first-order chi connectivity index (χ1) is 18.6. The highest BCUT2D eigenvalue weighted by atomic mass is 32.1. The van der Waals surface area contributed by atoms with Gasteiger partial charge in [0.05, 0.1) is 26.8 Å². The molecule has 196 valence electrons. The maximum absolute atomic E-state index is 13.5. The number of aromatic nitrogens is 1. The van der Waals surface area contributed by atoms with E-state index in [-0.39, 0.29) is 23.1 Å². The fraction of sp³-hybridized carbons (Fsp3) is 0.207. The third kappa shape index (κ3) is 4.04. The number of nitrogens with zero attached hydrogens (tertiary/aromatic N) is 3. The topological polar surface area (TPSA) is 123 Å². The molecule has 3 heterocycles. The number of ether oxygens (including phenoxy) is 1. The molecule has 0 unspecified atom stereocenters. The van der Waals surface area contributed by atoms with E-state index in [0.717, 1.165) is 26.9 Å². The lowest BCUT2D eigenvalue weighted by atomic mass is 9.94. The number of hydrogen-bond acceptors (Lipinski definition) is 8. The van der Waals surface area contributed by atoms with Gasteiger partial charge in [-0.3, -0.25) is 24.6 Å². The molecule has 2 aliphatic heterocycles. The van der Waals surface area contributed by atoms with Gasteiger partial charge in [-0.15, -0.1) is 0 Å². The number of carbonyl (C=O) groups is 2. The molecule has 1 fully saturated rings. The number of thiazole rings is 1. The number of Topliss-reactive ketones (excluding diaryl/α,β-unsaturated/α-hetero) is 1. The van der Waals surface area contributed by atoms with Crippen molar-refractivity contribution in [1.82, 2.24) is 4.98 Å². The maximum Gasteiger partial charge on any atom is 0.301 e. The van der Waals surface area contributed by atoms with Gasteiger partial charge in [0.1, 0.15) is 17.6 Å². The van der Waals surface area contributed by atoms with Crippen molar-refractivity contribution in [3.8, 4) is 5.75 Å². The molecule has 1 saturated heterocycles. The molecule has 2 aliphatic rings. The van der Waals surface area contributed by atoms with Gasteiger partial charge in [0.15, 0.2) is 5.13 Å². The molecule has 3 aromatic carbocycles. The van der Waals surface area contributed by atoms with Crippen molar-refractivity contribution in [2.45, 2.75) is 39.3 Å². The standard InChI is InChI=1S/C29H23N3O6S/c1-14-10-15(2)24-22(11-14)39-29(30-24)31-25(17-4-7-20(8-5-17)32(36)37)23(27(34)28(31)35)26(33)18-6-9-21-19(13-18)12-16(3)38-21/h4-11,13,16,25,33H,12H2,1-3H3/b26-23+/t16-,25-/m1/s1. The third-order valence-corrected chi connectivity index (χ3v) is 8.06. The number of amides is 1. The summed E-state index contributed by atoms with van der Waals surface area (Å²) >= 11 is 1.27. The predicted octanol–water partition coefficient (Wildman–Crippen LogP) is 5.77. The van der Waals surface area contributed by atoms with Gasteiger partial charge in [0.2, 0.25) is 0 Å². The molecule has 39 heavy (non-hydrogen) atoms. The molecule has 0 spiro atoms. The molecule has 1 amide bonds. The quantitative estimate of drug-likeness (QED) is 0.114. The second-order valence-electron chi connectivity index (χ2n) is 9.90. The highest BCUT2D eigenvalue weighted by molar-refractivity contribution is 7.22. The summed E-state index contributed by atoms with van der Waals surface area (Å²) in [5.41, 5.74) is 4.17. The lowest BCUT2D eigenvalue weighted by Crippen LogP contribution is -2.29. The number of ketones is 1. The largest absolute Gasteiger partial charge is 0.507 e. The minimum absolute atomic E-state index is 0.00536. The molecule has 9 nitrogen and oxygen atoms in total. The van der Waals surface area contributed by atoms with Crippen molar-refractivity contribution >= 4 is 49.8 Å². The zero-order valence-electron chi connectivity index (χ0n) is 21.3. The average Bonchev–Trinajstić information content (AvgIpc) is 3.56. The number of anilines is 1. The van der Waals surface area contributed by atoms with Gasteiger partial charge in [-0.2, -0.15) is 0 Å². The van der Waals surface area contributed by atoms with E-state index in [1.807, 2.05) is 32.9 Å². The zero-order chi connectivity index (χ0) is 27.6. The number of nitro benzene ring substituents is 1. The molecule has 0 saturated carbocycles. The van der Waals surface area contributed by atoms with Gasteiger partial charge in [-0.1, -0.05) is 17.4 Å². The second-order valence-corrected chi connectivity index (χ2v) is 10.9. The van der Waals surface area contributed by atoms with E-state index in [1.165, 1.54) is 40.5 Å². The Balaban J connectivity index is 1.54. The monoisotopic (exact) mass is 541 g/mol. The minimum Gasteiger partial charge on any atom is -0.507 e. The van der Waals surface area contributed by atoms with Crippen LogP contribution >= 0.6 is 11.3 Å². The number of non-ortho nitro benzene ring substituents is 1.